The molecule has 4 atom stereocenters. The summed E-state index contributed by atoms with van der Waals surface area (Å²) in [4.78, 5) is 0. The van der Waals surface area contributed by atoms with Crippen LogP contribution < -0.4 is 10.4 Å². The van der Waals surface area contributed by atoms with Crippen LogP contribution in [0.1, 0.15) is 34.1 Å². The standard InChI is InChI=1S/C23H32O3Si/c1-17-18(15-21(24)22(17)25)16-26-27(23(2,3)4,19-11-7-5-8-12-19)20-13-9-6-10-14-20/h5-14,17-18,21-22,24-25H,15-16H2,1-4H3/t17?,18-,21-,22-/m0/s1. The van der Waals surface area contributed by atoms with Gasteiger partial charge >= 0.3 is 0 Å². The molecule has 3 rings (SSSR count). The van der Waals surface area contributed by atoms with Crippen molar-refractivity contribution in [2.45, 2.75) is 51.4 Å². The lowest BCUT2D eigenvalue weighted by Gasteiger charge is -2.43. The molecule has 0 bridgehead atoms. The molecule has 3 nitrogen and oxygen atoms in total. The molecule has 2 N–H and O–H groups in total. The van der Waals surface area contributed by atoms with Gasteiger partial charge < -0.3 is 14.6 Å². The van der Waals surface area contributed by atoms with Gasteiger partial charge in [0.2, 0.25) is 0 Å². The summed E-state index contributed by atoms with van der Waals surface area (Å²) in [5.41, 5.74) is 0. The fourth-order valence-corrected chi connectivity index (χ4v) is 9.13. The van der Waals surface area contributed by atoms with E-state index in [1.807, 2.05) is 19.1 Å². The van der Waals surface area contributed by atoms with Crippen molar-refractivity contribution in [1.29, 1.82) is 0 Å². The van der Waals surface area contributed by atoms with E-state index < -0.39 is 20.5 Å². The Morgan fingerprint density at radius 2 is 1.41 bits per heavy atom. The van der Waals surface area contributed by atoms with Gasteiger partial charge in [-0.1, -0.05) is 88.4 Å². The van der Waals surface area contributed by atoms with Crippen LogP contribution >= 0.6 is 0 Å². The van der Waals surface area contributed by atoms with Gasteiger partial charge in [-0.25, -0.2) is 0 Å². The summed E-state index contributed by atoms with van der Waals surface area (Å²) in [7, 11) is -2.55. The minimum atomic E-state index is -2.55. The van der Waals surface area contributed by atoms with E-state index >= 15 is 0 Å². The van der Waals surface area contributed by atoms with E-state index in [-0.39, 0.29) is 16.9 Å². The van der Waals surface area contributed by atoms with E-state index in [9.17, 15) is 10.2 Å². The normalized spacial score (nSPS) is 26.3. The molecule has 0 heterocycles. The molecule has 0 aliphatic heterocycles. The van der Waals surface area contributed by atoms with Crippen LogP contribution in [0.25, 0.3) is 0 Å². The Morgan fingerprint density at radius 3 is 1.78 bits per heavy atom. The van der Waals surface area contributed by atoms with Crippen LogP contribution in [0.2, 0.25) is 5.04 Å². The lowest BCUT2D eigenvalue weighted by molar-refractivity contribution is 0.0226. The van der Waals surface area contributed by atoms with Gasteiger partial charge in [0.25, 0.3) is 8.32 Å². The van der Waals surface area contributed by atoms with Gasteiger partial charge in [-0.3, -0.25) is 0 Å². The molecule has 2 aromatic rings. The molecular weight excluding hydrogens is 352 g/mol. The minimum Gasteiger partial charge on any atom is -0.407 e. The molecule has 2 aromatic carbocycles. The molecule has 0 radical (unpaired) electrons. The second kappa shape index (κ2) is 7.88. The first-order valence-corrected chi connectivity index (χ1v) is 11.8. The predicted molar refractivity (Wildman–Crippen MR) is 113 cm³/mol. The number of aliphatic hydroxyl groups excluding tert-OH is 2. The van der Waals surface area contributed by atoms with Crippen LogP contribution in [0.4, 0.5) is 0 Å². The molecule has 27 heavy (non-hydrogen) atoms. The Bertz CT molecular complexity index is 687. The number of benzene rings is 2. The maximum absolute atomic E-state index is 10.2. The van der Waals surface area contributed by atoms with Crippen LogP contribution in [-0.2, 0) is 4.43 Å². The molecule has 1 aliphatic rings. The molecule has 4 heteroatoms. The Hall–Kier alpha value is -1.46. The zero-order valence-corrected chi connectivity index (χ0v) is 17.8. The van der Waals surface area contributed by atoms with Gasteiger partial charge in [0.05, 0.1) is 12.2 Å². The Morgan fingerprint density at radius 1 is 0.926 bits per heavy atom. The maximum Gasteiger partial charge on any atom is 0.261 e. The largest absolute Gasteiger partial charge is 0.407 e. The van der Waals surface area contributed by atoms with Crippen LogP contribution in [0.15, 0.2) is 60.7 Å². The molecule has 0 aromatic heterocycles. The fourth-order valence-electron chi connectivity index (χ4n) is 4.51. The van der Waals surface area contributed by atoms with Crippen molar-refractivity contribution in [3.05, 3.63) is 60.7 Å². The van der Waals surface area contributed by atoms with Crippen LogP contribution in [-0.4, -0.2) is 37.3 Å². The molecule has 146 valence electrons. The molecule has 0 amide bonds. The molecule has 1 fully saturated rings. The smallest absolute Gasteiger partial charge is 0.261 e. The summed E-state index contributed by atoms with van der Waals surface area (Å²) < 4.78 is 6.93. The number of hydrogen-bond donors (Lipinski definition) is 2. The second-order valence-electron chi connectivity index (χ2n) is 8.89. The van der Waals surface area contributed by atoms with Crippen molar-refractivity contribution >= 4 is 18.7 Å². The average molecular weight is 385 g/mol. The Labute approximate surface area is 164 Å². The van der Waals surface area contributed by atoms with Crippen LogP contribution in [0, 0.1) is 11.8 Å². The van der Waals surface area contributed by atoms with Crippen molar-refractivity contribution in [1.82, 2.24) is 0 Å². The van der Waals surface area contributed by atoms with Crippen molar-refractivity contribution < 1.29 is 14.6 Å². The third-order valence-corrected chi connectivity index (χ3v) is 11.2. The van der Waals surface area contributed by atoms with Gasteiger partial charge in [0.15, 0.2) is 0 Å². The lowest BCUT2D eigenvalue weighted by atomic mass is 9.98. The first-order valence-electron chi connectivity index (χ1n) is 9.88. The Balaban J connectivity index is 2.02. The highest BCUT2D eigenvalue weighted by atomic mass is 28.4. The molecule has 1 aliphatic carbocycles. The molecule has 1 unspecified atom stereocenters. The fraction of sp³-hybridized carbons (Fsp3) is 0.478. The first-order chi connectivity index (χ1) is 12.8. The zero-order chi connectivity index (χ0) is 19.7. The van der Waals surface area contributed by atoms with Crippen molar-refractivity contribution in [3.8, 4) is 0 Å². The van der Waals surface area contributed by atoms with Gasteiger partial charge in [0.1, 0.15) is 0 Å². The topological polar surface area (TPSA) is 49.7 Å². The zero-order valence-electron chi connectivity index (χ0n) is 16.8. The van der Waals surface area contributed by atoms with Crippen molar-refractivity contribution in [3.63, 3.8) is 0 Å². The highest BCUT2D eigenvalue weighted by Crippen LogP contribution is 2.39. The summed E-state index contributed by atoms with van der Waals surface area (Å²) >= 11 is 0. The predicted octanol–water partition coefficient (Wildman–Crippen LogP) is 2.94. The third-order valence-electron chi connectivity index (χ3n) is 6.15. The summed E-state index contributed by atoms with van der Waals surface area (Å²) in [6, 6.07) is 21.2. The highest BCUT2D eigenvalue weighted by molar-refractivity contribution is 6.99. The van der Waals surface area contributed by atoms with Gasteiger partial charge in [-0.05, 0) is 33.7 Å². The van der Waals surface area contributed by atoms with Gasteiger partial charge in [-0.15, -0.1) is 0 Å². The van der Waals surface area contributed by atoms with E-state index in [4.69, 9.17) is 4.43 Å². The number of hydrogen-bond acceptors (Lipinski definition) is 3. The van der Waals surface area contributed by atoms with Gasteiger partial charge in [-0.2, -0.15) is 0 Å². The summed E-state index contributed by atoms with van der Waals surface area (Å²) in [5.74, 6) is 0.204. The summed E-state index contributed by atoms with van der Waals surface area (Å²) in [6.45, 7) is 9.37. The summed E-state index contributed by atoms with van der Waals surface area (Å²) in [5, 5.41) is 22.7. The quantitative estimate of drug-likeness (QED) is 0.780. The maximum atomic E-state index is 10.2. The number of aliphatic hydroxyl groups is 2. The van der Waals surface area contributed by atoms with E-state index in [1.54, 1.807) is 0 Å². The first kappa shape index (κ1) is 20.3. The van der Waals surface area contributed by atoms with E-state index in [1.165, 1.54) is 10.4 Å². The minimum absolute atomic E-state index is 0.0400. The molecular formula is C23H32O3Si. The third kappa shape index (κ3) is 3.76. The second-order valence-corrected chi connectivity index (χ2v) is 13.2. The van der Waals surface area contributed by atoms with E-state index in [0.717, 1.165) is 0 Å². The van der Waals surface area contributed by atoms with Crippen LogP contribution in [0.5, 0.6) is 0 Å². The van der Waals surface area contributed by atoms with Gasteiger partial charge in [0, 0.05) is 6.61 Å². The average Bonchev–Trinajstić information content (AvgIpc) is 2.90. The number of rotatable bonds is 5. The molecule has 0 spiro atoms. The molecule has 1 saturated carbocycles. The summed E-state index contributed by atoms with van der Waals surface area (Å²) in [6.07, 6.45) is -0.703. The highest BCUT2D eigenvalue weighted by Gasteiger charge is 2.51. The van der Waals surface area contributed by atoms with E-state index in [2.05, 4.69) is 69.3 Å². The van der Waals surface area contributed by atoms with Crippen molar-refractivity contribution in [2.75, 3.05) is 6.61 Å². The lowest BCUT2D eigenvalue weighted by Crippen LogP contribution is -2.67. The van der Waals surface area contributed by atoms with Crippen LogP contribution in [0.3, 0.4) is 0 Å². The van der Waals surface area contributed by atoms with Crippen molar-refractivity contribution in [2.24, 2.45) is 11.8 Å². The molecule has 0 saturated heterocycles. The monoisotopic (exact) mass is 384 g/mol. The SMILES string of the molecule is CC1[C@H](CO[Si](c2ccccc2)(c2ccccc2)C(C)(C)C)C[C@H](O)[C@H]1O. The Kier molecular flexibility index (Phi) is 5.92. The van der Waals surface area contributed by atoms with E-state index in [0.29, 0.717) is 13.0 Å².